The van der Waals surface area contributed by atoms with Crippen LogP contribution < -0.4 is 16.4 Å². The summed E-state index contributed by atoms with van der Waals surface area (Å²) >= 11 is 0. The molecule has 0 aromatic heterocycles. The van der Waals surface area contributed by atoms with Crippen molar-refractivity contribution in [3.8, 4) is 0 Å². The molecular weight excluding hydrogens is 480 g/mol. The lowest BCUT2D eigenvalue weighted by Crippen LogP contribution is -2.60. The van der Waals surface area contributed by atoms with Crippen LogP contribution in [0.25, 0.3) is 0 Å². The highest BCUT2D eigenvalue weighted by Crippen LogP contribution is 2.37. The number of quaternary nitrogens is 1. The number of rotatable bonds is 13. The number of anilines is 1. The van der Waals surface area contributed by atoms with Gasteiger partial charge in [0, 0.05) is 76.5 Å². The highest BCUT2D eigenvalue weighted by Gasteiger charge is 2.50. The predicted molar refractivity (Wildman–Crippen MR) is 136 cm³/mol. The Balaban J connectivity index is 1.17. The van der Waals surface area contributed by atoms with Crippen LogP contribution in [0.1, 0.15) is 28.8 Å². The van der Waals surface area contributed by atoms with E-state index in [4.69, 9.17) is 15.2 Å². The van der Waals surface area contributed by atoms with Crippen molar-refractivity contribution >= 4 is 23.4 Å². The fraction of sp³-hybridized carbons (Fsp3) is 0.640. The second kappa shape index (κ2) is 12.9. The number of ether oxygens (including phenoxy) is 2. The zero-order chi connectivity index (χ0) is 26.3. The number of nitrogens with zero attached hydrogens (tertiary/aromatic N) is 3. The normalized spacial score (nSPS) is 24.8. The van der Waals surface area contributed by atoms with E-state index in [0.29, 0.717) is 49.7 Å². The molecule has 2 atom stereocenters. The van der Waals surface area contributed by atoms with Crippen molar-refractivity contribution in [1.29, 1.82) is 0 Å². The number of hydroxylamine groups is 3. The summed E-state index contributed by atoms with van der Waals surface area (Å²) in [4.78, 5) is 41.6. The van der Waals surface area contributed by atoms with Crippen molar-refractivity contribution in [3.63, 3.8) is 0 Å². The first-order valence-corrected chi connectivity index (χ1v) is 13.1. The predicted octanol–water partition coefficient (Wildman–Crippen LogP) is -0.518. The molecule has 3 heterocycles. The molecule has 0 bridgehead atoms. The van der Waals surface area contributed by atoms with Gasteiger partial charge in [-0.3, -0.25) is 29.4 Å². The maximum atomic E-state index is 13.5. The van der Waals surface area contributed by atoms with E-state index in [2.05, 4.69) is 20.4 Å². The van der Waals surface area contributed by atoms with Crippen LogP contribution in [0, 0.1) is 5.21 Å². The Morgan fingerprint density at radius 2 is 1.70 bits per heavy atom. The number of imide groups is 1. The molecule has 4 rings (SSSR count). The van der Waals surface area contributed by atoms with E-state index >= 15 is 0 Å². The Hall–Kier alpha value is -2.45. The Kier molecular flexibility index (Phi) is 9.60. The van der Waals surface area contributed by atoms with Gasteiger partial charge in [-0.2, -0.15) is 0 Å². The summed E-state index contributed by atoms with van der Waals surface area (Å²) in [5.41, 5.74) is 7.07. The van der Waals surface area contributed by atoms with E-state index in [-0.39, 0.29) is 19.4 Å². The van der Waals surface area contributed by atoms with E-state index in [1.54, 1.807) is 12.1 Å². The summed E-state index contributed by atoms with van der Waals surface area (Å²) in [6, 6.07) is 4.06. The van der Waals surface area contributed by atoms with Gasteiger partial charge >= 0.3 is 5.91 Å². The molecule has 37 heavy (non-hydrogen) atoms. The molecule has 204 valence electrons. The van der Waals surface area contributed by atoms with E-state index in [9.17, 15) is 19.6 Å². The summed E-state index contributed by atoms with van der Waals surface area (Å²) in [5, 5.41) is 19.0. The number of amides is 3. The molecular formula is C25H38N6O6. The molecule has 2 unspecified atom stereocenters. The molecule has 4 N–H and O–H groups in total. The maximum absolute atomic E-state index is 13.5. The number of benzene rings is 1. The number of hydrogen-bond donors (Lipinski definition) is 3. The molecule has 0 spiro atoms. The first-order chi connectivity index (χ1) is 17.9. The number of hydrogen-bond acceptors (Lipinski definition) is 10. The van der Waals surface area contributed by atoms with E-state index in [1.807, 2.05) is 6.07 Å². The lowest BCUT2D eigenvalue weighted by Gasteiger charge is -2.42. The van der Waals surface area contributed by atoms with Crippen LogP contribution in [-0.4, -0.2) is 117 Å². The van der Waals surface area contributed by atoms with Crippen molar-refractivity contribution in [2.75, 3.05) is 84.1 Å². The van der Waals surface area contributed by atoms with Crippen LogP contribution >= 0.6 is 0 Å². The molecule has 0 aliphatic carbocycles. The fourth-order valence-electron chi connectivity index (χ4n) is 5.13. The smallest absolute Gasteiger partial charge is 0.347 e. The minimum atomic E-state index is -1.28. The Morgan fingerprint density at radius 3 is 2.35 bits per heavy atom. The van der Waals surface area contributed by atoms with Crippen molar-refractivity contribution < 1.29 is 28.5 Å². The number of carbonyl (C=O) groups is 3. The molecule has 2 fully saturated rings. The second-order valence-electron chi connectivity index (χ2n) is 9.68. The van der Waals surface area contributed by atoms with Crippen LogP contribution in [0.15, 0.2) is 18.2 Å². The molecule has 12 heteroatoms. The zero-order valence-corrected chi connectivity index (χ0v) is 21.3. The van der Waals surface area contributed by atoms with Crippen LogP contribution in [0.3, 0.4) is 0 Å². The summed E-state index contributed by atoms with van der Waals surface area (Å²) in [7, 11) is 0. The van der Waals surface area contributed by atoms with Gasteiger partial charge in [-0.05, 0) is 12.1 Å². The molecule has 0 radical (unpaired) electrons. The fourth-order valence-corrected chi connectivity index (χ4v) is 5.13. The topological polar surface area (TPSA) is 149 Å². The third kappa shape index (κ3) is 6.71. The van der Waals surface area contributed by atoms with Gasteiger partial charge in [0.15, 0.2) is 6.04 Å². The van der Waals surface area contributed by atoms with Crippen molar-refractivity contribution in [1.82, 2.24) is 15.1 Å². The van der Waals surface area contributed by atoms with Gasteiger partial charge in [-0.15, -0.1) is 0 Å². The molecule has 3 amide bonds. The summed E-state index contributed by atoms with van der Waals surface area (Å²) in [5.74, 6) is -1.72. The van der Waals surface area contributed by atoms with E-state index in [1.165, 1.54) is 0 Å². The highest BCUT2D eigenvalue weighted by molar-refractivity contribution is 6.02. The molecule has 3 aliphatic heterocycles. The molecule has 0 saturated carbocycles. The Bertz CT molecular complexity index is 969. The third-order valence-electron chi connectivity index (χ3n) is 7.25. The lowest BCUT2D eigenvalue weighted by atomic mass is 10.0. The molecule has 2 saturated heterocycles. The van der Waals surface area contributed by atoms with Gasteiger partial charge in [-0.1, -0.05) is 6.07 Å². The van der Waals surface area contributed by atoms with Crippen LogP contribution in [0.5, 0.6) is 0 Å². The number of fused-ring (bicyclic) bond motifs is 1. The van der Waals surface area contributed by atoms with E-state index in [0.717, 1.165) is 45.9 Å². The van der Waals surface area contributed by atoms with Crippen LogP contribution in [0.2, 0.25) is 0 Å². The number of carbonyl (C=O) groups excluding carboxylic acids is 3. The standard InChI is InChI=1S/C25H38N6O6/c26-6-14-36-16-12-29-8-10-30(11-9-29)13-17-37-15-7-27-21-3-1-2-19-20(21)18-31(35,25(19)34)22-4-5-23(32)28-24(22)33/h1-3,22,27H,4-18,26H2,(H,28,32,33). The average molecular weight is 519 g/mol. The highest BCUT2D eigenvalue weighted by atomic mass is 16.6. The van der Waals surface area contributed by atoms with Gasteiger partial charge in [0.2, 0.25) is 5.91 Å². The van der Waals surface area contributed by atoms with Crippen molar-refractivity contribution in [3.05, 3.63) is 34.5 Å². The molecule has 1 aromatic carbocycles. The third-order valence-corrected chi connectivity index (χ3v) is 7.25. The quantitative estimate of drug-likeness (QED) is 0.135. The second-order valence-corrected chi connectivity index (χ2v) is 9.68. The zero-order valence-electron chi connectivity index (χ0n) is 21.3. The summed E-state index contributed by atoms with van der Waals surface area (Å²) in [6.07, 6.45) is 0.132. The minimum absolute atomic E-state index is 0.0601. The summed E-state index contributed by atoms with van der Waals surface area (Å²) < 4.78 is 9.99. The summed E-state index contributed by atoms with van der Waals surface area (Å²) in [6.45, 7) is 9.25. The molecule has 3 aliphatic rings. The van der Waals surface area contributed by atoms with Crippen LogP contribution in [-0.2, 0) is 25.6 Å². The van der Waals surface area contributed by atoms with Crippen LogP contribution in [0.4, 0.5) is 5.69 Å². The van der Waals surface area contributed by atoms with Gasteiger partial charge in [-0.25, -0.2) is 4.79 Å². The van der Waals surface area contributed by atoms with Crippen molar-refractivity contribution in [2.24, 2.45) is 5.73 Å². The van der Waals surface area contributed by atoms with Gasteiger partial charge in [0.1, 0.15) is 6.54 Å². The lowest BCUT2D eigenvalue weighted by molar-refractivity contribution is -0.825. The van der Waals surface area contributed by atoms with Gasteiger partial charge in [0.25, 0.3) is 5.91 Å². The largest absolute Gasteiger partial charge is 0.624 e. The first-order valence-electron chi connectivity index (χ1n) is 13.1. The monoisotopic (exact) mass is 518 g/mol. The molecule has 1 aromatic rings. The Morgan fingerprint density at radius 1 is 1.03 bits per heavy atom. The number of piperazine rings is 1. The van der Waals surface area contributed by atoms with Crippen molar-refractivity contribution in [2.45, 2.75) is 25.4 Å². The first kappa shape index (κ1) is 27.6. The number of nitrogens with two attached hydrogens (primary N) is 1. The van der Waals surface area contributed by atoms with E-state index < -0.39 is 28.4 Å². The Labute approximate surface area is 217 Å². The SMILES string of the molecule is NCCOCCN1CCN(CCOCCNc2cccc3c2C[N+]([O-])(C2CCC(=O)NC2=O)C3=O)CC1. The molecule has 12 nitrogen and oxygen atoms in total. The van der Waals surface area contributed by atoms with Gasteiger partial charge in [0.05, 0.1) is 32.0 Å². The maximum Gasteiger partial charge on any atom is 0.347 e. The average Bonchev–Trinajstić information content (AvgIpc) is 3.16. The number of nitrogens with one attached hydrogen (secondary N) is 2. The van der Waals surface area contributed by atoms with Gasteiger partial charge < -0.3 is 25.7 Å². The minimum Gasteiger partial charge on any atom is -0.624 e. The number of piperidine rings is 1.